The minimum atomic E-state index is 0.566. The number of imidazole rings is 1. The van der Waals surface area contributed by atoms with Crippen LogP contribution in [0.5, 0.6) is 0 Å². The van der Waals surface area contributed by atoms with E-state index < -0.39 is 0 Å². The average Bonchev–Trinajstić information content (AvgIpc) is 2.79. The first-order valence-electron chi connectivity index (χ1n) is 7.11. The maximum absolute atomic E-state index is 5.93. The van der Waals surface area contributed by atoms with E-state index in [9.17, 15) is 0 Å². The molecule has 0 unspecified atom stereocenters. The highest BCUT2D eigenvalue weighted by molar-refractivity contribution is 6.17. The first-order valence-corrected chi connectivity index (χ1v) is 7.64. The molecule has 108 valence electrons. The van der Waals surface area contributed by atoms with Gasteiger partial charge in [0.15, 0.2) is 5.65 Å². The van der Waals surface area contributed by atoms with Crippen LogP contribution in [-0.4, -0.2) is 20.4 Å². The molecule has 0 fully saturated rings. The highest BCUT2D eigenvalue weighted by Gasteiger charge is 2.13. The molecule has 0 radical (unpaired) electrons. The highest BCUT2D eigenvalue weighted by Crippen LogP contribution is 2.20. The van der Waals surface area contributed by atoms with E-state index in [1.807, 2.05) is 12.3 Å². The van der Waals surface area contributed by atoms with Gasteiger partial charge < -0.3 is 4.57 Å². The number of rotatable bonds is 4. The lowest BCUT2D eigenvalue weighted by Crippen LogP contribution is -2.06. The van der Waals surface area contributed by atoms with Crippen LogP contribution < -0.4 is 0 Å². The molecule has 0 aliphatic carbocycles. The van der Waals surface area contributed by atoms with Crippen molar-refractivity contribution in [3.05, 3.63) is 59.0 Å². The number of pyridine rings is 1. The summed E-state index contributed by atoms with van der Waals surface area (Å²) in [5, 5.41) is 0. The normalized spacial score (nSPS) is 11.2. The van der Waals surface area contributed by atoms with E-state index in [0.717, 1.165) is 35.5 Å². The second-order valence-electron chi connectivity index (χ2n) is 5.34. The van der Waals surface area contributed by atoms with Crippen LogP contribution in [0.1, 0.15) is 22.5 Å². The third-order valence-corrected chi connectivity index (χ3v) is 3.85. The van der Waals surface area contributed by atoms with Crippen LogP contribution in [0.15, 0.2) is 36.5 Å². The van der Waals surface area contributed by atoms with E-state index in [-0.39, 0.29) is 0 Å². The molecule has 0 amide bonds. The number of benzene rings is 1. The zero-order valence-electron chi connectivity index (χ0n) is 12.3. The lowest BCUT2D eigenvalue weighted by molar-refractivity contribution is 0.747. The Bertz CT molecular complexity index is 777. The smallest absolute Gasteiger partial charge is 0.160 e. The van der Waals surface area contributed by atoms with Crippen LogP contribution in [0.2, 0.25) is 0 Å². The summed E-state index contributed by atoms with van der Waals surface area (Å²) in [5.74, 6) is 1.57. The molecular formula is C17H18ClN3. The standard InChI is InChI=1S/C17H18ClN3/c1-12-4-3-5-14(10-12)11-21-15(6-8-18)20-16-13(2)7-9-19-17(16)21/h3-5,7,9-10H,6,8,11H2,1-2H3. The molecule has 21 heavy (non-hydrogen) atoms. The summed E-state index contributed by atoms with van der Waals surface area (Å²) in [5.41, 5.74) is 5.59. The summed E-state index contributed by atoms with van der Waals surface area (Å²) in [6, 6.07) is 10.5. The van der Waals surface area contributed by atoms with Crippen molar-refractivity contribution in [1.82, 2.24) is 14.5 Å². The molecule has 3 aromatic rings. The van der Waals surface area contributed by atoms with Gasteiger partial charge in [-0.1, -0.05) is 29.8 Å². The number of fused-ring (bicyclic) bond motifs is 1. The maximum atomic E-state index is 5.93. The van der Waals surface area contributed by atoms with E-state index >= 15 is 0 Å². The van der Waals surface area contributed by atoms with E-state index in [4.69, 9.17) is 16.6 Å². The lowest BCUT2D eigenvalue weighted by Gasteiger charge is -2.09. The number of hydrogen-bond donors (Lipinski definition) is 0. The monoisotopic (exact) mass is 299 g/mol. The second kappa shape index (κ2) is 5.86. The molecule has 2 heterocycles. The van der Waals surface area contributed by atoms with E-state index in [0.29, 0.717) is 5.88 Å². The van der Waals surface area contributed by atoms with Crippen LogP contribution in [0.3, 0.4) is 0 Å². The molecule has 0 saturated heterocycles. The van der Waals surface area contributed by atoms with Crippen molar-refractivity contribution in [1.29, 1.82) is 0 Å². The molecule has 3 nitrogen and oxygen atoms in total. The maximum Gasteiger partial charge on any atom is 0.160 e. The summed E-state index contributed by atoms with van der Waals surface area (Å²) < 4.78 is 2.18. The van der Waals surface area contributed by atoms with Crippen molar-refractivity contribution in [3.8, 4) is 0 Å². The van der Waals surface area contributed by atoms with Gasteiger partial charge in [-0.25, -0.2) is 9.97 Å². The van der Waals surface area contributed by atoms with Crippen molar-refractivity contribution < 1.29 is 0 Å². The first-order chi connectivity index (χ1) is 10.2. The molecule has 0 atom stereocenters. The van der Waals surface area contributed by atoms with Crippen LogP contribution >= 0.6 is 11.6 Å². The van der Waals surface area contributed by atoms with Crippen LogP contribution in [-0.2, 0) is 13.0 Å². The fraction of sp³-hybridized carbons (Fsp3) is 0.294. The predicted molar refractivity (Wildman–Crippen MR) is 87.0 cm³/mol. The number of aryl methyl sites for hydroxylation is 3. The van der Waals surface area contributed by atoms with Gasteiger partial charge in [0.25, 0.3) is 0 Å². The zero-order chi connectivity index (χ0) is 14.8. The van der Waals surface area contributed by atoms with Gasteiger partial charge in [0.2, 0.25) is 0 Å². The van der Waals surface area contributed by atoms with Crippen LogP contribution in [0.25, 0.3) is 11.2 Å². The summed E-state index contributed by atoms with van der Waals surface area (Å²) in [4.78, 5) is 9.26. The minimum absolute atomic E-state index is 0.566. The number of aromatic nitrogens is 3. The molecule has 1 aromatic carbocycles. The quantitative estimate of drug-likeness (QED) is 0.685. The van der Waals surface area contributed by atoms with Crippen LogP contribution in [0, 0.1) is 13.8 Å². The Morgan fingerprint density at radius 1 is 1.19 bits per heavy atom. The van der Waals surface area contributed by atoms with Gasteiger partial charge in [0.05, 0.1) is 6.54 Å². The summed E-state index contributed by atoms with van der Waals surface area (Å²) in [6.07, 6.45) is 2.60. The predicted octanol–water partition coefficient (Wildman–Crippen LogP) is 3.88. The molecule has 0 saturated carbocycles. The van der Waals surface area contributed by atoms with E-state index in [1.165, 1.54) is 11.1 Å². The average molecular weight is 300 g/mol. The topological polar surface area (TPSA) is 30.7 Å². The largest absolute Gasteiger partial charge is 0.308 e. The van der Waals surface area contributed by atoms with E-state index in [1.54, 1.807) is 0 Å². The number of halogens is 1. The van der Waals surface area contributed by atoms with Gasteiger partial charge in [0.1, 0.15) is 11.3 Å². The first kappa shape index (κ1) is 14.1. The Balaban J connectivity index is 2.11. The van der Waals surface area contributed by atoms with Gasteiger partial charge in [-0.15, -0.1) is 11.6 Å². The summed E-state index contributed by atoms with van der Waals surface area (Å²) in [6.45, 7) is 4.96. The van der Waals surface area contributed by atoms with Gasteiger partial charge in [-0.2, -0.15) is 0 Å². The van der Waals surface area contributed by atoms with E-state index in [2.05, 4.69) is 47.7 Å². The SMILES string of the molecule is Cc1cccc(Cn2c(CCCl)nc3c(C)ccnc32)c1. The van der Waals surface area contributed by atoms with Crippen molar-refractivity contribution in [3.63, 3.8) is 0 Å². The Labute approximate surface area is 129 Å². The second-order valence-corrected chi connectivity index (χ2v) is 5.72. The third kappa shape index (κ3) is 2.79. The molecule has 3 rings (SSSR count). The zero-order valence-corrected chi connectivity index (χ0v) is 13.1. The van der Waals surface area contributed by atoms with Crippen molar-refractivity contribution in [2.24, 2.45) is 0 Å². The van der Waals surface area contributed by atoms with Crippen molar-refractivity contribution in [2.75, 3.05) is 5.88 Å². The molecule has 0 spiro atoms. The van der Waals surface area contributed by atoms with Crippen molar-refractivity contribution in [2.45, 2.75) is 26.8 Å². The third-order valence-electron chi connectivity index (χ3n) is 3.66. The molecular weight excluding hydrogens is 282 g/mol. The van der Waals surface area contributed by atoms with Crippen molar-refractivity contribution >= 4 is 22.8 Å². The number of nitrogens with zero attached hydrogens (tertiary/aromatic N) is 3. The molecule has 0 N–H and O–H groups in total. The Kier molecular flexibility index (Phi) is 3.93. The van der Waals surface area contributed by atoms with Crippen LogP contribution in [0.4, 0.5) is 0 Å². The highest BCUT2D eigenvalue weighted by atomic mass is 35.5. The summed E-state index contributed by atoms with van der Waals surface area (Å²) in [7, 11) is 0. The van der Waals surface area contributed by atoms with Gasteiger partial charge in [-0.3, -0.25) is 0 Å². The summed E-state index contributed by atoms with van der Waals surface area (Å²) >= 11 is 5.93. The molecule has 4 heteroatoms. The fourth-order valence-electron chi connectivity index (χ4n) is 2.62. The lowest BCUT2D eigenvalue weighted by atomic mass is 10.1. The molecule has 2 aromatic heterocycles. The van der Waals surface area contributed by atoms with Gasteiger partial charge in [0, 0.05) is 18.5 Å². The number of alkyl halides is 1. The van der Waals surface area contributed by atoms with Gasteiger partial charge >= 0.3 is 0 Å². The number of hydrogen-bond acceptors (Lipinski definition) is 2. The minimum Gasteiger partial charge on any atom is -0.308 e. The Morgan fingerprint density at radius 2 is 2.05 bits per heavy atom. The Morgan fingerprint density at radius 3 is 2.81 bits per heavy atom. The molecule has 0 aliphatic heterocycles. The van der Waals surface area contributed by atoms with Gasteiger partial charge in [-0.05, 0) is 31.0 Å². The molecule has 0 aliphatic rings. The Hall–Kier alpha value is -1.87. The fourth-order valence-corrected chi connectivity index (χ4v) is 2.79. The molecule has 0 bridgehead atoms.